The Labute approximate surface area is 137 Å². The molecule has 3 rings (SSSR count). The zero-order valence-corrected chi connectivity index (χ0v) is 13.4. The van der Waals surface area contributed by atoms with Crippen LogP contribution in [-0.2, 0) is 6.54 Å². The topological polar surface area (TPSA) is 48.4 Å². The summed E-state index contributed by atoms with van der Waals surface area (Å²) < 4.78 is 0. The fourth-order valence-electron chi connectivity index (χ4n) is 2.81. The molecule has 0 bridgehead atoms. The van der Waals surface area contributed by atoms with E-state index in [1.54, 1.807) is 12.4 Å². The van der Waals surface area contributed by atoms with Gasteiger partial charge in [0.15, 0.2) is 0 Å². The van der Waals surface area contributed by atoms with Crippen LogP contribution in [0.15, 0.2) is 55.0 Å². The molecule has 0 spiro atoms. The van der Waals surface area contributed by atoms with Crippen LogP contribution in [0.3, 0.4) is 0 Å². The molecule has 1 aromatic heterocycles. The van der Waals surface area contributed by atoms with E-state index in [9.17, 15) is 5.11 Å². The molecule has 4 heteroatoms. The van der Waals surface area contributed by atoms with E-state index in [2.05, 4.69) is 58.7 Å². The van der Waals surface area contributed by atoms with E-state index in [0.29, 0.717) is 12.6 Å². The van der Waals surface area contributed by atoms with Gasteiger partial charge in [-0.2, -0.15) is 0 Å². The fraction of sp³-hybridized carbons (Fsp3) is 0.316. The molecule has 0 saturated carbocycles. The van der Waals surface area contributed by atoms with Crippen LogP contribution in [0.2, 0.25) is 0 Å². The Morgan fingerprint density at radius 1 is 1.22 bits per heavy atom. The summed E-state index contributed by atoms with van der Waals surface area (Å²) in [6.45, 7) is 4.48. The normalized spacial score (nSPS) is 16.0. The van der Waals surface area contributed by atoms with E-state index < -0.39 is 6.10 Å². The lowest BCUT2D eigenvalue weighted by atomic mass is 10.0. The van der Waals surface area contributed by atoms with Gasteiger partial charge in [0.1, 0.15) is 0 Å². The Balaban J connectivity index is 1.48. The predicted octanol–water partition coefficient (Wildman–Crippen LogP) is 2.58. The zero-order chi connectivity index (χ0) is 16.1. The van der Waals surface area contributed by atoms with Crippen LogP contribution in [0, 0.1) is 0 Å². The lowest BCUT2D eigenvalue weighted by molar-refractivity contribution is 0.169. The van der Waals surface area contributed by atoms with Crippen molar-refractivity contribution in [3.8, 4) is 0 Å². The second-order valence-electron chi connectivity index (χ2n) is 6.00. The second-order valence-corrected chi connectivity index (χ2v) is 6.00. The molecule has 2 heterocycles. The van der Waals surface area contributed by atoms with Crippen molar-refractivity contribution in [3.63, 3.8) is 0 Å². The first kappa shape index (κ1) is 15.7. The van der Waals surface area contributed by atoms with Gasteiger partial charge in [-0.25, -0.2) is 0 Å². The van der Waals surface area contributed by atoms with Gasteiger partial charge in [-0.05, 0) is 30.2 Å². The van der Waals surface area contributed by atoms with Gasteiger partial charge >= 0.3 is 0 Å². The van der Waals surface area contributed by atoms with Crippen molar-refractivity contribution < 1.29 is 5.11 Å². The third-order valence-corrected chi connectivity index (χ3v) is 4.27. The van der Waals surface area contributed by atoms with Gasteiger partial charge in [0.2, 0.25) is 0 Å². The number of hydrogen-bond donors (Lipinski definition) is 2. The Morgan fingerprint density at radius 3 is 2.91 bits per heavy atom. The van der Waals surface area contributed by atoms with E-state index in [-0.39, 0.29) is 0 Å². The largest absolute Gasteiger partial charge is 0.387 e. The predicted molar refractivity (Wildman–Crippen MR) is 92.5 cm³/mol. The molecule has 1 aliphatic heterocycles. The molecule has 0 aliphatic carbocycles. The minimum absolute atomic E-state index is 0.362. The van der Waals surface area contributed by atoms with E-state index in [1.165, 1.54) is 11.1 Å². The average Bonchev–Trinajstić information content (AvgIpc) is 2.61. The highest BCUT2D eigenvalue weighted by Crippen LogP contribution is 2.20. The molecule has 1 unspecified atom stereocenters. The number of nitrogens with one attached hydrogen (secondary N) is 1. The summed E-state index contributed by atoms with van der Waals surface area (Å²) in [5.74, 6) is 0. The summed E-state index contributed by atoms with van der Waals surface area (Å²) in [6, 6.07) is 12.6. The number of aromatic nitrogens is 1. The van der Waals surface area contributed by atoms with Crippen LogP contribution in [0.4, 0.5) is 0 Å². The summed E-state index contributed by atoms with van der Waals surface area (Å²) in [5, 5.41) is 13.5. The molecule has 0 amide bonds. The minimum atomic E-state index is -0.520. The van der Waals surface area contributed by atoms with Crippen LogP contribution in [0.25, 0.3) is 6.08 Å². The summed E-state index contributed by atoms with van der Waals surface area (Å²) in [6.07, 6.45) is 7.23. The molecule has 2 atom stereocenters. The van der Waals surface area contributed by atoms with Crippen molar-refractivity contribution in [1.29, 1.82) is 0 Å². The van der Waals surface area contributed by atoms with Crippen LogP contribution in [-0.4, -0.2) is 34.1 Å². The van der Waals surface area contributed by atoms with Crippen molar-refractivity contribution in [2.75, 3.05) is 13.1 Å². The van der Waals surface area contributed by atoms with Gasteiger partial charge < -0.3 is 15.3 Å². The van der Waals surface area contributed by atoms with Crippen molar-refractivity contribution >= 4 is 6.08 Å². The minimum Gasteiger partial charge on any atom is -0.387 e. The maximum absolute atomic E-state index is 10.1. The maximum Gasteiger partial charge on any atom is 0.0929 e. The van der Waals surface area contributed by atoms with Gasteiger partial charge in [0.25, 0.3) is 0 Å². The maximum atomic E-state index is 10.1. The first-order chi connectivity index (χ1) is 11.2. The first-order valence-corrected chi connectivity index (χ1v) is 8.04. The van der Waals surface area contributed by atoms with E-state index in [1.807, 2.05) is 12.1 Å². The smallest absolute Gasteiger partial charge is 0.0929 e. The number of fused-ring (bicyclic) bond motifs is 1. The van der Waals surface area contributed by atoms with Crippen molar-refractivity contribution in [2.24, 2.45) is 0 Å². The van der Waals surface area contributed by atoms with Crippen molar-refractivity contribution in [2.45, 2.75) is 25.6 Å². The molecule has 23 heavy (non-hydrogen) atoms. The molecule has 2 N–H and O–H groups in total. The first-order valence-electron chi connectivity index (χ1n) is 8.04. The summed E-state index contributed by atoms with van der Waals surface area (Å²) in [4.78, 5) is 6.36. The van der Waals surface area contributed by atoms with E-state index >= 15 is 0 Å². The van der Waals surface area contributed by atoms with Gasteiger partial charge in [0.05, 0.1) is 6.10 Å². The van der Waals surface area contributed by atoms with Gasteiger partial charge in [-0.3, -0.25) is 4.98 Å². The van der Waals surface area contributed by atoms with Crippen LogP contribution >= 0.6 is 0 Å². The lowest BCUT2D eigenvalue weighted by Gasteiger charge is -2.31. The molecular formula is C19H23N3O. The van der Waals surface area contributed by atoms with Crippen LogP contribution in [0.1, 0.15) is 29.7 Å². The fourth-order valence-corrected chi connectivity index (χ4v) is 2.81. The Bertz CT molecular complexity index is 657. The van der Waals surface area contributed by atoms with Crippen LogP contribution < -0.4 is 5.32 Å². The van der Waals surface area contributed by atoms with Gasteiger partial charge in [-0.15, -0.1) is 0 Å². The van der Waals surface area contributed by atoms with Crippen LogP contribution in [0.5, 0.6) is 0 Å². The summed E-state index contributed by atoms with van der Waals surface area (Å²) in [7, 11) is 0. The highest BCUT2D eigenvalue weighted by atomic mass is 16.3. The quantitative estimate of drug-likeness (QED) is 0.861. The molecule has 0 fully saturated rings. The molecule has 0 radical (unpaired) electrons. The zero-order valence-electron chi connectivity index (χ0n) is 13.4. The number of rotatable bonds is 6. The van der Waals surface area contributed by atoms with E-state index in [4.69, 9.17) is 0 Å². The molecule has 1 aromatic carbocycles. The number of aliphatic hydroxyl groups excluding tert-OH is 1. The Kier molecular flexibility index (Phi) is 5.05. The van der Waals surface area contributed by atoms with Crippen molar-refractivity contribution in [1.82, 2.24) is 15.2 Å². The summed E-state index contributed by atoms with van der Waals surface area (Å²) in [5.41, 5.74) is 3.51. The highest BCUT2D eigenvalue weighted by Gasteiger charge is 2.16. The SMILES string of the molecule is C[C@H](CNCC(O)c1cccnc1)N1C=Cc2ccccc2C1. The molecule has 0 saturated heterocycles. The number of aliphatic hydroxyl groups is 1. The number of pyridine rings is 1. The molecule has 2 aromatic rings. The number of nitrogens with zero attached hydrogens (tertiary/aromatic N) is 2. The second kappa shape index (κ2) is 7.40. The monoisotopic (exact) mass is 309 g/mol. The van der Waals surface area contributed by atoms with Gasteiger partial charge in [-0.1, -0.05) is 30.3 Å². The molecule has 120 valence electrons. The summed E-state index contributed by atoms with van der Waals surface area (Å²) >= 11 is 0. The third-order valence-electron chi connectivity index (χ3n) is 4.27. The molecule has 1 aliphatic rings. The van der Waals surface area contributed by atoms with Gasteiger partial charge in [0, 0.05) is 49.8 Å². The highest BCUT2D eigenvalue weighted by molar-refractivity contribution is 5.55. The third kappa shape index (κ3) is 3.97. The Morgan fingerprint density at radius 2 is 2.09 bits per heavy atom. The van der Waals surface area contributed by atoms with Crippen molar-refractivity contribution in [3.05, 3.63) is 71.7 Å². The molecule has 4 nitrogen and oxygen atoms in total. The number of benzene rings is 1. The lowest BCUT2D eigenvalue weighted by Crippen LogP contribution is -2.39. The Hall–Kier alpha value is -2.17. The van der Waals surface area contributed by atoms with E-state index in [0.717, 1.165) is 18.7 Å². The standard InChI is InChI=1S/C19H23N3O/c1-15(11-21-13-19(23)17-7-4-9-20-12-17)22-10-8-16-5-2-3-6-18(16)14-22/h2-10,12,15,19,21,23H,11,13-14H2,1H3/t15-,19?/m1/s1. The average molecular weight is 309 g/mol. The number of hydrogen-bond acceptors (Lipinski definition) is 4. The molecular weight excluding hydrogens is 286 g/mol.